The van der Waals surface area contributed by atoms with Crippen LogP contribution in [0.15, 0.2) is 77.7 Å². The van der Waals surface area contributed by atoms with Gasteiger partial charge in [0.05, 0.1) is 6.26 Å². The largest absolute Gasteiger partial charge is 0.459 e. The van der Waals surface area contributed by atoms with Crippen molar-refractivity contribution in [3.8, 4) is 0 Å². The van der Waals surface area contributed by atoms with Crippen LogP contribution in [0.3, 0.4) is 0 Å². The summed E-state index contributed by atoms with van der Waals surface area (Å²) in [5, 5.41) is 2.97. The molecule has 5 rings (SSSR count). The first-order valence-corrected chi connectivity index (χ1v) is 10.8. The molecule has 1 aromatic carbocycles. The lowest BCUT2D eigenvalue weighted by atomic mass is 9.93. The van der Waals surface area contributed by atoms with E-state index in [1.807, 2.05) is 36.5 Å². The molecule has 7 nitrogen and oxygen atoms in total. The first kappa shape index (κ1) is 20.1. The third-order valence-electron chi connectivity index (χ3n) is 6.06. The predicted octanol–water partition coefficient (Wildman–Crippen LogP) is 4.24. The summed E-state index contributed by atoms with van der Waals surface area (Å²) < 4.78 is 5.21. The molecule has 0 bridgehead atoms. The highest BCUT2D eigenvalue weighted by molar-refractivity contribution is 5.92. The van der Waals surface area contributed by atoms with Crippen molar-refractivity contribution >= 4 is 23.2 Å². The lowest BCUT2D eigenvalue weighted by molar-refractivity contribution is 0.0741. The molecule has 32 heavy (non-hydrogen) atoms. The second kappa shape index (κ2) is 8.70. The van der Waals surface area contributed by atoms with Gasteiger partial charge in [0.15, 0.2) is 5.76 Å². The van der Waals surface area contributed by atoms with Gasteiger partial charge in [-0.3, -0.25) is 9.78 Å². The van der Waals surface area contributed by atoms with Crippen LogP contribution in [0, 0.1) is 0 Å². The molecule has 0 atom stereocenters. The summed E-state index contributed by atoms with van der Waals surface area (Å²) in [6, 6.07) is 15.2. The van der Waals surface area contributed by atoms with Crippen molar-refractivity contribution in [3.05, 3.63) is 90.2 Å². The first-order chi connectivity index (χ1) is 15.7. The number of amides is 3. The second-order valence-electron chi connectivity index (χ2n) is 8.10. The van der Waals surface area contributed by atoms with Gasteiger partial charge in [0.1, 0.15) is 0 Å². The van der Waals surface area contributed by atoms with E-state index in [0.29, 0.717) is 37.9 Å². The number of likely N-dealkylation sites (tertiary alicyclic amines) is 1. The Balaban J connectivity index is 1.14. The fraction of sp³-hybridized carbons (Fsp3) is 0.240. The number of carbonyl (C=O) groups excluding carboxylic acids is 2. The first-order valence-electron chi connectivity index (χ1n) is 10.8. The molecule has 1 fully saturated rings. The Morgan fingerprint density at radius 2 is 1.88 bits per heavy atom. The van der Waals surface area contributed by atoms with Crippen molar-refractivity contribution in [2.24, 2.45) is 0 Å². The zero-order valence-corrected chi connectivity index (χ0v) is 17.6. The SMILES string of the molecule is O=C(Nc1ccc(C2=CCN(C(=O)c3ccco3)CC2)cc1)N1CC(c2cccnc2)C1. The van der Waals surface area contributed by atoms with Crippen molar-refractivity contribution in [1.29, 1.82) is 0 Å². The quantitative estimate of drug-likeness (QED) is 0.674. The van der Waals surface area contributed by atoms with Gasteiger partial charge in [-0.2, -0.15) is 0 Å². The van der Waals surface area contributed by atoms with Gasteiger partial charge >= 0.3 is 6.03 Å². The molecule has 0 saturated carbocycles. The third kappa shape index (κ3) is 4.14. The van der Waals surface area contributed by atoms with Crippen LogP contribution in [-0.2, 0) is 0 Å². The number of aromatic nitrogens is 1. The van der Waals surface area contributed by atoms with E-state index < -0.39 is 0 Å². The minimum Gasteiger partial charge on any atom is -0.459 e. The molecule has 2 aliphatic heterocycles. The molecule has 2 aliphatic rings. The van der Waals surface area contributed by atoms with Crippen LogP contribution in [0.2, 0.25) is 0 Å². The van der Waals surface area contributed by atoms with Crippen LogP contribution in [0.5, 0.6) is 0 Å². The van der Waals surface area contributed by atoms with E-state index in [9.17, 15) is 9.59 Å². The molecule has 0 spiro atoms. The standard InChI is InChI=1S/C25H24N4O3/c30-24(23-4-2-14-32-23)28-12-9-19(10-13-28)18-5-7-22(8-6-18)27-25(31)29-16-21(17-29)20-3-1-11-26-15-20/h1-9,11,14-15,21H,10,12-13,16-17H2,(H,27,31). The van der Waals surface area contributed by atoms with E-state index in [0.717, 1.165) is 17.7 Å². The van der Waals surface area contributed by atoms with E-state index in [1.165, 1.54) is 17.4 Å². The van der Waals surface area contributed by atoms with Crippen molar-refractivity contribution < 1.29 is 14.0 Å². The molecule has 3 aromatic rings. The summed E-state index contributed by atoms with van der Waals surface area (Å²) in [6.45, 7) is 2.61. The lowest BCUT2D eigenvalue weighted by Crippen LogP contribution is -2.50. The molecule has 1 N–H and O–H groups in total. The number of anilines is 1. The number of hydrogen-bond acceptors (Lipinski definition) is 4. The Morgan fingerprint density at radius 3 is 2.53 bits per heavy atom. The predicted molar refractivity (Wildman–Crippen MR) is 121 cm³/mol. The number of furan rings is 1. The topological polar surface area (TPSA) is 78.7 Å². The maximum atomic E-state index is 12.5. The van der Waals surface area contributed by atoms with Gasteiger partial charge in [-0.1, -0.05) is 24.3 Å². The molecule has 2 aromatic heterocycles. The summed E-state index contributed by atoms with van der Waals surface area (Å²) in [4.78, 5) is 32.6. The number of benzene rings is 1. The maximum Gasteiger partial charge on any atom is 0.321 e. The molecular weight excluding hydrogens is 404 g/mol. The van der Waals surface area contributed by atoms with Crippen molar-refractivity contribution in [1.82, 2.24) is 14.8 Å². The zero-order valence-electron chi connectivity index (χ0n) is 17.6. The average Bonchev–Trinajstić information content (AvgIpc) is 3.34. The van der Waals surface area contributed by atoms with Gasteiger partial charge in [0, 0.05) is 50.2 Å². The van der Waals surface area contributed by atoms with Crippen LogP contribution < -0.4 is 5.32 Å². The minimum absolute atomic E-state index is 0.0816. The summed E-state index contributed by atoms with van der Waals surface area (Å²) in [5.74, 6) is 0.644. The molecule has 7 heteroatoms. The Hall–Kier alpha value is -3.87. The molecule has 1 saturated heterocycles. The second-order valence-corrected chi connectivity index (χ2v) is 8.10. The molecule has 0 unspecified atom stereocenters. The van der Waals surface area contributed by atoms with E-state index in [4.69, 9.17) is 4.42 Å². The maximum absolute atomic E-state index is 12.5. The number of pyridine rings is 1. The third-order valence-corrected chi connectivity index (χ3v) is 6.06. The van der Waals surface area contributed by atoms with Gasteiger partial charge in [-0.25, -0.2) is 4.79 Å². The monoisotopic (exact) mass is 428 g/mol. The zero-order chi connectivity index (χ0) is 21.9. The van der Waals surface area contributed by atoms with Gasteiger partial charge in [-0.15, -0.1) is 0 Å². The highest BCUT2D eigenvalue weighted by Crippen LogP contribution is 2.28. The number of nitrogens with zero attached hydrogens (tertiary/aromatic N) is 3. The Bertz CT molecular complexity index is 1120. The number of urea groups is 1. The van der Waals surface area contributed by atoms with E-state index in [-0.39, 0.29) is 11.9 Å². The molecule has 162 valence electrons. The number of carbonyl (C=O) groups is 2. The fourth-order valence-corrected chi connectivity index (χ4v) is 4.11. The van der Waals surface area contributed by atoms with Crippen LogP contribution in [-0.4, -0.2) is 52.9 Å². The summed E-state index contributed by atoms with van der Waals surface area (Å²) in [5.41, 5.74) is 4.25. The Kier molecular flexibility index (Phi) is 5.46. The Labute approximate surface area is 186 Å². The minimum atomic E-state index is -0.0832. The lowest BCUT2D eigenvalue weighted by Gasteiger charge is -2.39. The van der Waals surface area contributed by atoms with Gasteiger partial charge < -0.3 is 19.5 Å². The molecular formula is C25H24N4O3. The Morgan fingerprint density at radius 1 is 1.03 bits per heavy atom. The smallest absolute Gasteiger partial charge is 0.321 e. The van der Waals surface area contributed by atoms with Crippen LogP contribution in [0.4, 0.5) is 10.5 Å². The van der Waals surface area contributed by atoms with E-state index in [1.54, 1.807) is 28.1 Å². The number of rotatable bonds is 4. The van der Waals surface area contributed by atoms with E-state index in [2.05, 4.69) is 22.4 Å². The van der Waals surface area contributed by atoms with Gasteiger partial charge in [-0.05, 0) is 53.5 Å². The highest BCUT2D eigenvalue weighted by atomic mass is 16.3. The van der Waals surface area contributed by atoms with Crippen molar-refractivity contribution in [3.63, 3.8) is 0 Å². The van der Waals surface area contributed by atoms with Crippen LogP contribution in [0.1, 0.15) is 34.0 Å². The van der Waals surface area contributed by atoms with Crippen molar-refractivity contribution in [2.45, 2.75) is 12.3 Å². The van der Waals surface area contributed by atoms with Crippen LogP contribution in [0.25, 0.3) is 5.57 Å². The van der Waals surface area contributed by atoms with E-state index >= 15 is 0 Å². The summed E-state index contributed by atoms with van der Waals surface area (Å²) in [7, 11) is 0. The molecule has 3 amide bonds. The van der Waals surface area contributed by atoms with Crippen molar-refractivity contribution in [2.75, 3.05) is 31.5 Å². The normalized spacial score (nSPS) is 16.3. The number of nitrogens with one attached hydrogen (secondary N) is 1. The molecule has 0 aliphatic carbocycles. The summed E-state index contributed by atoms with van der Waals surface area (Å²) in [6.07, 6.45) is 8.00. The van der Waals surface area contributed by atoms with Crippen LogP contribution >= 0.6 is 0 Å². The molecule has 0 radical (unpaired) electrons. The summed E-state index contributed by atoms with van der Waals surface area (Å²) >= 11 is 0. The number of hydrogen-bond donors (Lipinski definition) is 1. The van der Waals surface area contributed by atoms with Gasteiger partial charge in [0.25, 0.3) is 5.91 Å². The average molecular weight is 428 g/mol. The fourth-order valence-electron chi connectivity index (χ4n) is 4.11. The van der Waals surface area contributed by atoms with Gasteiger partial charge in [0.2, 0.25) is 0 Å². The molecule has 4 heterocycles. The highest BCUT2D eigenvalue weighted by Gasteiger charge is 2.31.